The van der Waals surface area contributed by atoms with Crippen molar-refractivity contribution >= 4 is 5.71 Å². The highest BCUT2D eigenvalue weighted by atomic mass is 14.7. The van der Waals surface area contributed by atoms with Gasteiger partial charge in [0.25, 0.3) is 0 Å². The molecule has 0 saturated heterocycles. The molecule has 2 heteroatoms. The van der Waals surface area contributed by atoms with Crippen molar-refractivity contribution in [3.63, 3.8) is 0 Å². The Balaban J connectivity index is 4.17. The minimum Gasteiger partial charge on any atom is -0.248 e. The van der Waals surface area contributed by atoms with Gasteiger partial charge < -0.3 is 0 Å². The summed E-state index contributed by atoms with van der Waals surface area (Å²) in [7, 11) is 0. The first-order valence-corrected chi connectivity index (χ1v) is 2.79. The molecule has 0 aliphatic carbocycles. The van der Waals surface area contributed by atoms with Crippen LogP contribution in [0.5, 0.6) is 0 Å². The van der Waals surface area contributed by atoms with Crippen LogP contribution in [0.4, 0.5) is 0 Å². The monoisotopic (exact) mass is 122 g/mol. The molecule has 0 N–H and O–H groups in total. The molecule has 48 valence electrons. The number of allylic oxidation sites excluding steroid dienone is 2. The molecule has 0 saturated carbocycles. The van der Waals surface area contributed by atoms with E-state index >= 15 is 0 Å². The lowest BCUT2D eigenvalue weighted by atomic mass is 10.4. The summed E-state index contributed by atoms with van der Waals surface area (Å²) in [5.74, 6) is 0. The summed E-state index contributed by atoms with van der Waals surface area (Å²) in [5.41, 5.74) is 1.39. The van der Waals surface area contributed by atoms with E-state index in [-0.39, 0.29) is 0 Å². The molecule has 0 unspecified atom stereocenters. The lowest BCUT2D eigenvalue weighted by molar-refractivity contribution is 1.28. The van der Waals surface area contributed by atoms with E-state index in [1.165, 1.54) is 0 Å². The molecule has 0 amide bonds. The van der Waals surface area contributed by atoms with E-state index in [1.54, 1.807) is 6.92 Å². The van der Waals surface area contributed by atoms with Gasteiger partial charge in [0, 0.05) is 5.70 Å². The van der Waals surface area contributed by atoms with Crippen LogP contribution in [0.1, 0.15) is 20.8 Å². The summed E-state index contributed by atoms with van der Waals surface area (Å²) in [4.78, 5) is 3.93. The molecule has 0 aromatic rings. The topological polar surface area (TPSA) is 36.1 Å². The van der Waals surface area contributed by atoms with Gasteiger partial charge in [-0.2, -0.15) is 5.26 Å². The van der Waals surface area contributed by atoms with Gasteiger partial charge in [-0.1, -0.05) is 6.08 Å². The summed E-state index contributed by atoms with van der Waals surface area (Å²) in [6, 6.07) is 1.94. The molecule has 0 aliphatic rings. The molecule has 0 aromatic carbocycles. The van der Waals surface area contributed by atoms with Crippen LogP contribution in [-0.4, -0.2) is 5.71 Å². The minimum atomic E-state index is 0.505. The molecule has 0 rings (SSSR count). The molecular formula is C7H10N2. The van der Waals surface area contributed by atoms with Gasteiger partial charge >= 0.3 is 0 Å². The van der Waals surface area contributed by atoms with Gasteiger partial charge in [0.1, 0.15) is 11.8 Å². The molecule has 2 nitrogen and oxygen atoms in total. The Kier molecular flexibility index (Phi) is 3.38. The van der Waals surface area contributed by atoms with Gasteiger partial charge in [-0.25, -0.2) is 4.99 Å². The maximum atomic E-state index is 8.27. The van der Waals surface area contributed by atoms with Gasteiger partial charge in [0.2, 0.25) is 0 Å². The number of aliphatic imine (C=N–C) groups is 1. The quantitative estimate of drug-likeness (QED) is 0.489. The molecular weight excluding hydrogens is 112 g/mol. The average molecular weight is 122 g/mol. The fourth-order valence-electron chi connectivity index (χ4n) is 0.354. The summed E-state index contributed by atoms with van der Waals surface area (Å²) >= 11 is 0. The van der Waals surface area contributed by atoms with E-state index in [0.717, 1.165) is 5.70 Å². The maximum Gasteiger partial charge on any atom is 0.115 e. The largest absolute Gasteiger partial charge is 0.248 e. The van der Waals surface area contributed by atoms with E-state index in [0.29, 0.717) is 5.71 Å². The van der Waals surface area contributed by atoms with Crippen molar-refractivity contribution in [2.45, 2.75) is 20.8 Å². The number of hydrogen-bond acceptors (Lipinski definition) is 2. The summed E-state index contributed by atoms with van der Waals surface area (Å²) in [5, 5.41) is 8.27. The van der Waals surface area contributed by atoms with Gasteiger partial charge in [-0.3, -0.25) is 0 Å². The van der Waals surface area contributed by atoms with Crippen LogP contribution in [0.25, 0.3) is 0 Å². The zero-order valence-electron chi connectivity index (χ0n) is 5.97. The normalized spacial score (nSPS) is 13.1. The number of hydrogen-bond donors (Lipinski definition) is 0. The molecule has 0 spiro atoms. The zero-order chi connectivity index (χ0) is 7.28. The van der Waals surface area contributed by atoms with Crippen LogP contribution in [-0.2, 0) is 0 Å². The highest BCUT2D eigenvalue weighted by Gasteiger charge is 1.83. The molecule has 0 atom stereocenters. The van der Waals surface area contributed by atoms with Crippen molar-refractivity contribution in [1.29, 1.82) is 5.26 Å². The third-order valence-corrected chi connectivity index (χ3v) is 0.924. The third-order valence-electron chi connectivity index (χ3n) is 0.924. The Labute approximate surface area is 55.5 Å². The Morgan fingerprint density at radius 3 is 2.44 bits per heavy atom. The predicted octanol–water partition coefficient (Wildman–Crippen LogP) is 1.89. The third kappa shape index (κ3) is 3.48. The van der Waals surface area contributed by atoms with Crippen molar-refractivity contribution in [3.05, 3.63) is 11.8 Å². The fourth-order valence-corrected chi connectivity index (χ4v) is 0.354. The zero-order valence-corrected chi connectivity index (χ0v) is 5.97. The smallest absolute Gasteiger partial charge is 0.115 e. The molecule has 9 heavy (non-hydrogen) atoms. The fraction of sp³-hybridized carbons (Fsp3) is 0.429. The van der Waals surface area contributed by atoms with Gasteiger partial charge in [0.15, 0.2) is 0 Å². The number of nitrogens with zero attached hydrogens (tertiary/aromatic N) is 2. The van der Waals surface area contributed by atoms with E-state index in [9.17, 15) is 0 Å². The van der Waals surface area contributed by atoms with Crippen LogP contribution < -0.4 is 0 Å². The molecule has 0 radical (unpaired) electrons. The molecule has 0 heterocycles. The van der Waals surface area contributed by atoms with Crippen molar-refractivity contribution in [1.82, 2.24) is 0 Å². The van der Waals surface area contributed by atoms with Crippen molar-refractivity contribution < 1.29 is 0 Å². The first kappa shape index (κ1) is 7.90. The van der Waals surface area contributed by atoms with Crippen molar-refractivity contribution in [2.24, 2.45) is 4.99 Å². The first-order valence-electron chi connectivity index (χ1n) is 2.79. The molecule has 0 bridgehead atoms. The van der Waals surface area contributed by atoms with E-state index in [4.69, 9.17) is 5.26 Å². The molecule has 0 aliphatic heterocycles. The van der Waals surface area contributed by atoms with Crippen LogP contribution in [0.2, 0.25) is 0 Å². The Hall–Kier alpha value is -1.10. The van der Waals surface area contributed by atoms with Crippen LogP contribution >= 0.6 is 0 Å². The molecule has 0 aromatic heterocycles. The highest BCUT2D eigenvalue weighted by molar-refractivity contribution is 5.96. The second-order valence-corrected chi connectivity index (χ2v) is 1.74. The Morgan fingerprint density at radius 2 is 2.11 bits per heavy atom. The Bertz CT molecular complexity index is 182. The van der Waals surface area contributed by atoms with Gasteiger partial charge in [0.05, 0.1) is 0 Å². The van der Waals surface area contributed by atoms with Crippen LogP contribution in [0.15, 0.2) is 16.8 Å². The second-order valence-electron chi connectivity index (χ2n) is 1.74. The summed E-state index contributed by atoms with van der Waals surface area (Å²) in [6.07, 6.45) is 1.86. The lowest BCUT2D eigenvalue weighted by Crippen LogP contribution is -1.83. The van der Waals surface area contributed by atoms with Crippen molar-refractivity contribution in [3.8, 4) is 6.07 Å². The highest BCUT2D eigenvalue weighted by Crippen LogP contribution is 1.93. The average Bonchev–Trinajstić information content (AvgIpc) is 1.87. The predicted molar refractivity (Wildman–Crippen MR) is 38.2 cm³/mol. The standard InChI is InChI=1S/C7H10N2/c1-4-6(2)9-7(3)5-8/h4H,1-3H3/b6-4-,9-7+. The number of nitriles is 1. The second kappa shape index (κ2) is 3.85. The molecule has 0 fully saturated rings. The Morgan fingerprint density at radius 1 is 1.56 bits per heavy atom. The van der Waals surface area contributed by atoms with E-state index in [2.05, 4.69) is 4.99 Å². The van der Waals surface area contributed by atoms with Crippen LogP contribution in [0.3, 0.4) is 0 Å². The van der Waals surface area contributed by atoms with E-state index in [1.807, 2.05) is 26.0 Å². The maximum absolute atomic E-state index is 8.27. The van der Waals surface area contributed by atoms with E-state index < -0.39 is 0 Å². The SMILES string of the molecule is C/C=C(C)\N=C(/C)C#N. The first-order chi connectivity index (χ1) is 4.20. The van der Waals surface area contributed by atoms with Gasteiger partial charge in [-0.15, -0.1) is 0 Å². The van der Waals surface area contributed by atoms with Crippen LogP contribution in [0, 0.1) is 11.3 Å². The van der Waals surface area contributed by atoms with Gasteiger partial charge in [-0.05, 0) is 20.8 Å². The minimum absolute atomic E-state index is 0.505. The lowest BCUT2D eigenvalue weighted by Gasteiger charge is -1.86. The summed E-state index contributed by atoms with van der Waals surface area (Å²) in [6.45, 7) is 5.44. The summed E-state index contributed by atoms with van der Waals surface area (Å²) < 4.78 is 0. The van der Waals surface area contributed by atoms with Crippen molar-refractivity contribution in [2.75, 3.05) is 0 Å². The number of rotatable bonds is 1.